The Morgan fingerprint density at radius 2 is 1.75 bits per heavy atom. The summed E-state index contributed by atoms with van der Waals surface area (Å²) in [5.41, 5.74) is 5.08. The van der Waals surface area contributed by atoms with Crippen molar-refractivity contribution in [2.75, 3.05) is 13.2 Å². The van der Waals surface area contributed by atoms with E-state index in [2.05, 4.69) is 69.0 Å². The molecule has 4 rings (SSSR count). The Kier molecular flexibility index (Phi) is 5.01. The van der Waals surface area contributed by atoms with Crippen molar-refractivity contribution in [2.24, 2.45) is 5.41 Å². The summed E-state index contributed by atoms with van der Waals surface area (Å²) in [4.78, 5) is 14.9. The van der Waals surface area contributed by atoms with Crippen molar-refractivity contribution in [3.05, 3.63) is 72.3 Å². The molecule has 3 heteroatoms. The fourth-order valence-electron chi connectivity index (χ4n) is 4.95. The Morgan fingerprint density at radius 1 is 1.14 bits per heavy atom. The van der Waals surface area contributed by atoms with Gasteiger partial charge in [0.15, 0.2) is 0 Å². The number of benzene rings is 2. The van der Waals surface area contributed by atoms with E-state index in [1.165, 1.54) is 22.3 Å². The lowest BCUT2D eigenvalue weighted by Crippen LogP contribution is -2.52. The van der Waals surface area contributed by atoms with Crippen LogP contribution >= 0.6 is 0 Å². The smallest absolute Gasteiger partial charge is 0.410 e. The number of carbonyl (C=O) groups is 1. The molecule has 2 aromatic carbocycles. The summed E-state index contributed by atoms with van der Waals surface area (Å²) in [6, 6.07) is 17.0. The third kappa shape index (κ3) is 3.23. The zero-order chi connectivity index (χ0) is 19.7. The van der Waals surface area contributed by atoms with Gasteiger partial charge in [0, 0.05) is 18.5 Å². The third-order valence-corrected chi connectivity index (χ3v) is 6.46. The zero-order valence-electron chi connectivity index (χ0n) is 16.9. The van der Waals surface area contributed by atoms with Gasteiger partial charge in [-0.05, 0) is 46.9 Å². The van der Waals surface area contributed by atoms with Gasteiger partial charge >= 0.3 is 6.09 Å². The van der Waals surface area contributed by atoms with Crippen LogP contribution < -0.4 is 0 Å². The molecule has 1 fully saturated rings. The molecule has 2 aliphatic rings. The van der Waals surface area contributed by atoms with Crippen molar-refractivity contribution >= 4 is 6.09 Å². The highest BCUT2D eigenvalue weighted by atomic mass is 16.6. The highest BCUT2D eigenvalue weighted by molar-refractivity contribution is 5.79. The molecule has 0 aromatic heterocycles. The Bertz CT molecular complexity index is 840. The molecule has 1 unspecified atom stereocenters. The maximum Gasteiger partial charge on any atom is 0.410 e. The van der Waals surface area contributed by atoms with Crippen LogP contribution in [0.1, 0.15) is 50.2 Å². The topological polar surface area (TPSA) is 29.5 Å². The first-order valence-corrected chi connectivity index (χ1v) is 10.3. The van der Waals surface area contributed by atoms with Gasteiger partial charge in [-0.3, -0.25) is 0 Å². The summed E-state index contributed by atoms with van der Waals surface area (Å²) in [6.07, 6.45) is 4.67. The average Bonchev–Trinajstić information content (AvgIpc) is 3.01. The molecule has 0 saturated carbocycles. The van der Waals surface area contributed by atoms with Crippen molar-refractivity contribution in [1.29, 1.82) is 0 Å². The summed E-state index contributed by atoms with van der Waals surface area (Å²) in [5, 5.41) is 0. The van der Waals surface area contributed by atoms with E-state index in [0.29, 0.717) is 6.61 Å². The van der Waals surface area contributed by atoms with E-state index in [1.54, 1.807) is 0 Å². The molecule has 1 aliphatic heterocycles. The molecule has 28 heavy (non-hydrogen) atoms. The fourth-order valence-corrected chi connectivity index (χ4v) is 4.95. The summed E-state index contributed by atoms with van der Waals surface area (Å²) in [6.45, 7) is 9.52. The SMILES string of the molecule is C=CCC1N(C(=O)OCC2c3ccccc3-c3ccccc32)CCCC1(C)C. The largest absolute Gasteiger partial charge is 0.448 e. The van der Waals surface area contributed by atoms with Crippen LogP contribution in [0.15, 0.2) is 61.2 Å². The minimum absolute atomic E-state index is 0.0814. The van der Waals surface area contributed by atoms with Gasteiger partial charge in [0.05, 0.1) is 0 Å². The van der Waals surface area contributed by atoms with Crippen molar-refractivity contribution in [1.82, 2.24) is 4.90 Å². The van der Waals surface area contributed by atoms with Crippen molar-refractivity contribution < 1.29 is 9.53 Å². The van der Waals surface area contributed by atoms with Gasteiger partial charge in [0.25, 0.3) is 0 Å². The van der Waals surface area contributed by atoms with E-state index in [-0.39, 0.29) is 23.5 Å². The lowest BCUT2D eigenvalue weighted by molar-refractivity contribution is 0.0232. The van der Waals surface area contributed by atoms with Crippen LogP contribution in [-0.2, 0) is 4.74 Å². The molecule has 1 aliphatic carbocycles. The third-order valence-electron chi connectivity index (χ3n) is 6.46. The van der Waals surface area contributed by atoms with Crippen molar-refractivity contribution in [2.45, 2.75) is 45.1 Å². The molecule has 146 valence electrons. The quantitative estimate of drug-likeness (QED) is 0.613. The molecule has 2 aromatic rings. The maximum absolute atomic E-state index is 13.0. The van der Waals surface area contributed by atoms with Crippen LogP contribution in [0, 0.1) is 5.41 Å². The molecule has 0 bridgehead atoms. The Labute approximate surface area is 168 Å². The molecule has 1 atom stereocenters. The van der Waals surface area contributed by atoms with Gasteiger partial charge in [0.2, 0.25) is 0 Å². The van der Waals surface area contributed by atoms with Gasteiger partial charge in [-0.25, -0.2) is 4.79 Å². The lowest BCUT2D eigenvalue weighted by Gasteiger charge is -2.45. The van der Waals surface area contributed by atoms with Gasteiger partial charge in [-0.2, -0.15) is 0 Å². The fraction of sp³-hybridized carbons (Fsp3) is 0.400. The molecule has 0 radical (unpaired) electrons. The normalized spacial score (nSPS) is 20.4. The Morgan fingerprint density at radius 3 is 2.36 bits per heavy atom. The number of hydrogen-bond donors (Lipinski definition) is 0. The number of likely N-dealkylation sites (tertiary alicyclic amines) is 1. The van der Waals surface area contributed by atoms with E-state index in [9.17, 15) is 4.79 Å². The number of ether oxygens (including phenoxy) is 1. The second-order valence-electron chi connectivity index (χ2n) is 8.63. The number of nitrogens with zero attached hydrogens (tertiary/aromatic N) is 1. The molecule has 1 saturated heterocycles. The predicted molar refractivity (Wildman–Crippen MR) is 113 cm³/mol. The van der Waals surface area contributed by atoms with Gasteiger partial charge < -0.3 is 9.64 Å². The molecule has 0 spiro atoms. The van der Waals surface area contributed by atoms with Crippen LogP contribution in [0.2, 0.25) is 0 Å². The molecular formula is C25H29NO2. The van der Waals surface area contributed by atoms with E-state index in [1.807, 2.05) is 11.0 Å². The molecule has 1 amide bonds. The minimum atomic E-state index is -0.193. The van der Waals surface area contributed by atoms with E-state index >= 15 is 0 Å². The molecular weight excluding hydrogens is 346 g/mol. The number of amides is 1. The number of hydrogen-bond acceptors (Lipinski definition) is 2. The summed E-state index contributed by atoms with van der Waals surface area (Å²) >= 11 is 0. The summed E-state index contributed by atoms with van der Waals surface area (Å²) < 4.78 is 5.90. The van der Waals surface area contributed by atoms with Gasteiger partial charge in [0.1, 0.15) is 6.61 Å². The summed E-state index contributed by atoms with van der Waals surface area (Å²) in [7, 11) is 0. The molecule has 0 N–H and O–H groups in total. The second kappa shape index (κ2) is 7.46. The van der Waals surface area contributed by atoms with Gasteiger partial charge in [-0.1, -0.05) is 68.5 Å². The second-order valence-corrected chi connectivity index (χ2v) is 8.63. The lowest BCUT2D eigenvalue weighted by atomic mass is 9.75. The zero-order valence-corrected chi connectivity index (χ0v) is 16.9. The van der Waals surface area contributed by atoms with Crippen LogP contribution in [0.5, 0.6) is 0 Å². The highest BCUT2D eigenvalue weighted by Crippen LogP contribution is 2.44. The van der Waals surface area contributed by atoms with Crippen LogP contribution in [0.3, 0.4) is 0 Å². The number of carbonyl (C=O) groups excluding carboxylic acids is 1. The highest BCUT2D eigenvalue weighted by Gasteiger charge is 2.40. The van der Waals surface area contributed by atoms with Crippen LogP contribution in [0.4, 0.5) is 4.79 Å². The molecule has 1 heterocycles. The van der Waals surface area contributed by atoms with Crippen molar-refractivity contribution in [3.8, 4) is 11.1 Å². The maximum atomic E-state index is 13.0. The van der Waals surface area contributed by atoms with E-state index in [4.69, 9.17) is 4.74 Å². The number of fused-ring (bicyclic) bond motifs is 3. The summed E-state index contributed by atoms with van der Waals surface area (Å²) in [5.74, 6) is 0.104. The predicted octanol–water partition coefficient (Wildman–Crippen LogP) is 6.00. The standard InChI is InChI=1S/C25H29NO2/c1-4-10-23-25(2,3)15-9-16-26(23)24(27)28-17-22-20-13-7-5-11-18(20)19-12-6-8-14-21(19)22/h4-8,11-14,22-23H,1,9-10,15-17H2,2-3H3. The number of rotatable bonds is 4. The van der Waals surface area contributed by atoms with Crippen LogP contribution in [-0.4, -0.2) is 30.2 Å². The Balaban J connectivity index is 1.53. The van der Waals surface area contributed by atoms with Gasteiger partial charge in [-0.15, -0.1) is 6.58 Å². The molecule has 3 nitrogen and oxygen atoms in total. The first-order valence-electron chi connectivity index (χ1n) is 10.3. The minimum Gasteiger partial charge on any atom is -0.448 e. The van der Waals surface area contributed by atoms with Crippen molar-refractivity contribution in [3.63, 3.8) is 0 Å². The average molecular weight is 376 g/mol. The first-order chi connectivity index (χ1) is 13.5. The Hall–Kier alpha value is -2.55. The number of piperidine rings is 1. The first kappa shape index (κ1) is 18.8. The van der Waals surface area contributed by atoms with E-state index in [0.717, 1.165) is 25.8 Å². The van der Waals surface area contributed by atoms with Crippen LogP contribution in [0.25, 0.3) is 11.1 Å². The van der Waals surface area contributed by atoms with E-state index < -0.39 is 0 Å². The monoisotopic (exact) mass is 375 g/mol.